The highest BCUT2D eigenvalue weighted by Crippen LogP contribution is 2.41. The van der Waals surface area contributed by atoms with Gasteiger partial charge in [0.25, 0.3) is 5.91 Å². The molecule has 4 rings (SSSR count). The largest absolute Gasteiger partial charge is 0.459 e. The number of hydrogen-bond acceptors (Lipinski definition) is 4. The second-order valence-corrected chi connectivity index (χ2v) is 9.45. The van der Waals surface area contributed by atoms with Crippen LogP contribution in [0.15, 0.2) is 53.1 Å². The van der Waals surface area contributed by atoms with Crippen molar-refractivity contribution >= 4 is 22.2 Å². The summed E-state index contributed by atoms with van der Waals surface area (Å²) < 4.78 is 5.31. The van der Waals surface area contributed by atoms with Crippen LogP contribution in [0, 0.1) is 12.8 Å². The Morgan fingerprint density at radius 1 is 1.23 bits per heavy atom. The number of carbonyl (C=O) groups excluding carboxylic acids is 1. The molecule has 1 aliphatic rings. The van der Waals surface area contributed by atoms with Crippen LogP contribution in [0.4, 0.5) is 5.00 Å². The predicted octanol–water partition coefficient (Wildman–Crippen LogP) is 6.29. The third kappa shape index (κ3) is 4.52. The van der Waals surface area contributed by atoms with E-state index in [1.807, 2.05) is 0 Å². The zero-order chi connectivity index (χ0) is 21.1. The second kappa shape index (κ2) is 9.19. The van der Waals surface area contributed by atoms with Gasteiger partial charge in [-0.2, -0.15) is 0 Å². The molecule has 0 bridgehead atoms. The number of benzene rings is 1. The average Bonchev–Trinajstić information content (AvgIpc) is 3.42. The highest BCUT2D eigenvalue weighted by Gasteiger charge is 2.30. The number of aryl methyl sites for hydroxylation is 2. The van der Waals surface area contributed by atoms with E-state index in [0.717, 1.165) is 30.4 Å². The maximum absolute atomic E-state index is 12.7. The van der Waals surface area contributed by atoms with Crippen LogP contribution >= 0.6 is 11.3 Å². The number of furan rings is 1. The van der Waals surface area contributed by atoms with Crippen molar-refractivity contribution in [2.75, 3.05) is 18.4 Å². The molecule has 1 N–H and O–H groups in total. The molecule has 1 fully saturated rings. The molecule has 5 heteroatoms. The molecule has 0 saturated carbocycles. The molecule has 0 unspecified atom stereocenters. The number of nitrogens with one attached hydrogen (secondary N) is 1. The summed E-state index contributed by atoms with van der Waals surface area (Å²) in [6.45, 7) is 8.77. The molecule has 0 aliphatic carbocycles. The van der Waals surface area contributed by atoms with Gasteiger partial charge in [0, 0.05) is 10.4 Å². The Kier molecular flexibility index (Phi) is 6.40. The average molecular weight is 423 g/mol. The summed E-state index contributed by atoms with van der Waals surface area (Å²) in [7, 11) is 0. The van der Waals surface area contributed by atoms with Gasteiger partial charge in [-0.15, -0.1) is 11.3 Å². The van der Waals surface area contributed by atoms with Crippen molar-refractivity contribution in [2.24, 2.45) is 5.92 Å². The molecule has 3 aromatic rings. The van der Waals surface area contributed by atoms with Gasteiger partial charge in [-0.1, -0.05) is 43.7 Å². The summed E-state index contributed by atoms with van der Waals surface area (Å²) in [5, 5.41) is 4.06. The van der Waals surface area contributed by atoms with Crippen molar-refractivity contribution in [2.45, 2.75) is 46.1 Å². The summed E-state index contributed by atoms with van der Waals surface area (Å²) in [6, 6.07) is 14.7. The fraction of sp³-hybridized carbons (Fsp3) is 0.400. The fourth-order valence-electron chi connectivity index (χ4n) is 4.13. The van der Waals surface area contributed by atoms with Gasteiger partial charge in [0.2, 0.25) is 0 Å². The zero-order valence-corrected chi connectivity index (χ0v) is 18.8. The summed E-state index contributed by atoms with van der Waals surface area (Å²) in [5.74, 6) is 0.915. The van der Waals surface area contributed by atoms with Gasteiger partial charge in [-0.3, -0.25) is 9.69 Å². The molecule has 1 aromatic carbocycles. The Labute approximate surface area is 182 Å². The first-order valence-corrected chi connectivity index (χ1v) is 11.6. The van der Waals surface area contributed by atoms with E-state index in [2.05, 4.69) is 61.3 Å². The van der Waals surface area contributed by atoms with Crippen molar-refractivity contribution in [3.8, 4) is 0 Å². The molecular weight excluding hydrogens is 392 g/mol. The molecular formula is C25H30N2O2S. The van der Waals surface area contributed by atoms with Crippen LogP contribution in [0.3, 0.4) is 0 Å². The molecule has 1 saturated heterocycles. The van der Waals surface area contributed by atoms with Crippen LogP contribution < -0.4 is 5.32 Å². The Morgan fingerprint density at radius 2 is 1.97 bits per heavy atom. The van der Waals surface area contributed by atoms with Gasteiger partial charge in [0.05, 0.1) is 12.3 Å². The molecule has 158 valence electrons. The lowest BCUT2D eigenvalue weighted by molar-refractivity contribution is 0.0996. The van der Waals surface area contributed by atoms with Crippen molar-refractivity contribution < 1.29 is 9.21 Å². The van der Waals surface area contributed by atoms with E-state index < -0.39 is 0 Å². The minimum absolute atomic E-state index is 0.140. The van der Waals surface area contributed by atoms with E-state index in [1.54, 1.807) is 23.5 Å². The number of nitrogens with zero attached hydrogens (tertiary/aromatic N) is 1. The predicted molar refractivity (Wildman–Crippen MR) is 123 cm³/mol. The van der Waals surface area contributed by atoms with Crippen LogP contribution in [0.2, 0.25) is 0 Å². The molecule has 1 aliphatic heterocycles. The van der Waals surface area contributed by atoms with Gasteiger partial charge in [-0.05, 0) is 69.0 Å². The summed E-state index contributed by atoms with van der Waals surface area (Å²) in [6.07, 6.45) is 4.90. The standard InChI is InChI=1S/C25H30N2O2S/c1-4-20-16-21(25(30-20)26-24(28)22-6-5-15-29-22)23(19-9-7-17(2)8-10-19)27-13-11-18(3)12-14-27/h5-10,15-16,18,23H,4,11-14H2,1-3H3,(H,26,28)/t23-/m1/s1. The maximum atomic E-state index is 12.7. The number of rotatable bonds is 6. The smallest absolute Gasteiger partial charge is 0.291 e. The summed E-state index contributed by atoms with van der Waals surface area (Å²) >= 11 is 1.68. The fourth-order valence-corrected chi connectivity index (χ4v) is 5.15. The maximum Gasteiger partial charge on any atom is 0.291 e. The number of likely N-dealkylation sites (tertiary alicyclic amines) is 1. The minimum atomic E-state index is -0.194. The second-order valence-electron chi connectivity index (χ2n) is 8.31. The summed E-state index contributed by atoms with van der Waals surface area (Å²) in [5.41, 5.74) is 3.73. The first-order valence-electron chi connectivity index (χ1n) is 10.8. The van der Waals surface area contributed by atoms with Crippen molar-refractivity contribution in [1.29, 1.82) is 0 Å². The molecule has 1 atom stereocenters. The Hall–Kier alpha value is -2.37. The highest BCUT2D eigenvalue weighted by molar-refractivity contribution is 7.16. The van der Waals surface area contributed by atoms with Gasteiger partial charge in [-0.25, -0.2) is 0 Å². The van der Waals surface area contributed by atoms with E-state index in [-0.39, 0.29) is 11.9 Å². The van der Waals surface area contributed by atoms with E-state index in [9.17, 15) is 4.79 Å². The molecule has 0 radical (unpaired) electrons. The number of anilines is 1. The minimum Gasteiger partial charge on any atom is -0.459 e. The van der Waals surface area contributed by atoms with Gasteiger partial charge >= 0.3 is 0 Å². The zero-order valence-electron chi connectivity index (χ0n) is 18.0. The Morgan fingerprint density at radius 3 is 2.60 bits per heavy atom. The topological polar surface area (TPSA) is 45.5 Å². The first-order chi connectivity index (χ1) is 14.5. The molecule has 4 nitrogen and oxygen atoms in total. The van der Waals surface area contributed by atoms with Crippen LogP contribution in [0.1, 0.15) is 64.9 Å². The lowest BCUT2D eigenvalue weighted by atomic mass is 9.92. The van der Waals surface area contributed by atoms with Crippen molar-refractivity contribution in [3.63, 3.8) is 0 Å². The Bertz CT molecular complexity index is 967. The normalized spacial score (nSPS) is 16.5. The SMILES string of the molecule is CCc1cc([C@@H](c2ccc(C)cc2)N2CCC(C)CC2)c(NC(=O)c2ccco2)s1. The van der Waals surface area contributed by atoms with E-state index in [1.165, 1.54) is 40.7 Å². The van der Waals surface area contributed by atoms with Crippen molar-refractivity contribution in [3.05, 3.63) is 76.1 Å². The number of thiophene rings is 1. The van der Waals surface area contributed by atoms with Gasteiger partial charge < -0.3 is 9.73 Å². The molecule has 2 aromatic heterocycles. The molecule has 0 spiro atoms. The quantitative estimate of drug-likeness (QED) is 0.508. The third-order valence-electron chi connectivity index (χ3n) is 6.00. The van der Waals surface area contributed by atoms with E-state index >= 15 is 0 Å². The van der Waals surface area contributed by atoms with E-state index in [0.29, 0.717) is 5.76 Å². The van der Waals surface area contributed by atoms with Crippen LogP contribution in [-0.2, 0) is 6.42 Å². The van der Waals surface area contributed by atoms with Crippen LogP contribution in [0.25, 0.3) is 0 Å². The van der Waals surface area contributed by atoms with Crippen LogP contribution in [-0.4, -0.2) is 23.9 Å². The monoisotopic (exact) mass is 422 g/mol. The molecule has 1 amide bonds. The first kappa shape index (κ1) is 20.9. The lowest BCUT2D eigenvalue weighted by Gasteiger charge is -2.37. The third-order valence-corrected chi connectivity index (χ3v) is 7.21. The van der Waals surface area contributed by atoms with E-state index in [4.69, 9.17) is 4.42 Å². The number of amides is 1. The lowest BCUT2D eigenvalue weighted by Crippen LogP contribution is -2.37. The number of piperidine rings is 1. The molecule has 3 heterocycles. The number of carbonyl (C=O) groups is 1. The van der Waals surface area contributed by atoms with Crippen LogP contribution in [0.5, 0.6) is 0 Å². The summed E-state index contributed by atoms with van der Waals surface area (Å²) in [4.78, 5) is 16.6. The highest BCUT2D eigenvalue weighted by atomic mass is 32.1. The van der Waals surface area contributed by atoms with Gasteiger partial charge in [0.1, 0.15) is 5.00 Å². The molecule has 30 heavy (non-hydrogen) atoms. The van der Waals surface area contributed by atoms with Crippen molar-refractivity contribution in [1.82, 2.24) is 4.90 Å². The number of hydrogen-bond donors (Lipinski definition) is 1. The Balaban J connectivity index is 1.72. The van der Waals surface area contributed by atoms with Gasteiger partial charge in [0.15, 0.2) is 5.76 Å².